The van der Waals surface area contributed by atoms with Crippen molar-refractivity contribution >= 4 is 23.4 Å². The number of hydrogen-bond acceptors (Lipinski definition) is 6. The number of hydrogen-bond donors (Lipinski definition) is 2. The summed E-state index contributed by atoms with van der Waals surface area (Å²) in [7, 11) is 1.36. The van der Waals surface area contributed by atoms with Gasteiger partial charge in [-0.05, 0) is 30.7 Å². The SMILES string of the molecule is CCCCCNc1nccc(Nc2cccc(C(=O)OC)c2)n1. The van der Waals surface area contributed by atoms with E-state index in [1.807, 2.05) is 6.07 Å². The molecule has 6 heteroatoms. The molecule has 0 fully saturated rings. The number of anilines is 3. The third kappa shape index (κ3) is 5.25. The van der Waals surface area contributed by atoms with E-state index in [1.54, 1.807) is 30.5 Å². The summed E-state index contributed by atoms with van der Waals surface area (Å²) in [6.07, 6.45) is 5.16. The first-order valence-electron chi connectivity index (χ1n) is 7.75. The van der Waals surface area contributed by atoms with Gasteiger partial charge in [0.2, 0.25) is 5.95 Å². The van der Waals surface area contributed by atoms with Crippen LogP contribution in [0.25, 0.3) is 0 Å². The first kappa shape index (κ1) is 16.7. The first-order valence-corrected chi connectivity index (χ1v) is 7.75. The number of ether oxygens (including phenoxy) is 1. The van der Waals surface area contributed by atoms with E-state index < -0.39 is 0 Å². The van der Waals surface area contributed by atoms with Gasteiger partial charge in [-0.1, -0.05) is 25.8 Å². The third-order valence-electron chi connectivity index (χ3n) is 3.28. The van der Waals surface area contributed by atoms with Gasteiger partial charge in [0.15, 0.2) is 0 Å². The van der Waals surface area contributed by atoms with Crippen molar-refractivity contribution in [3.63, 3.8) is 0 Å². The molecule has 2 N–H and O–H groups in total. The maximum absolute atomic E-state index is 11.6. The summed E-state index contributed by atoms with van der Waals surface area (Å²) in [6, 6.07) is 8.87. The zero-order valence-electron chi connectivity index (χ0n) is 13.5. The Balaban J connectivity index is 2.01. The minimum absolute atomic E-state index is 0.366. The average Bonchev–Trinajstić information content (AvgIpc) is 2.58. The number of carbonyl (C=O) groups excluding carboxylic acids is 1. The van der Waals surface area contributed by atoms with E-state index in [2.05, 4.69) is 27.5 Å². The molecule has 0 radical (unpaired) electrons. The molecule has 1 heterocycles. The maximum Gasteiger partial charge on any atom is 0.337 e. The average molecular weight is 314 g/mol. The lowest BCUT2D eigenvalue weighted by atomic mass is 10.2. The Morgan fingerprint density at radius 1 is 1.26 bits per heavy atom. The topological polar surface area (TPSA) is 76.1 Å². The van der Waals surface area contributed by atoms with Crippen LogP contribution in [0.15, 0.2) is 36.5 Å². The molecule has 0 amide bonds. The van der Waals surface area contributed by atoms with Gasteiger partial charge in [0.05, 0.1) is 12.7 Å². The van der Waals surface area contributed by atoms with Crippen LogP contribution in [0.1, 0.15) is 36.5 Å². The van der Waals surface area contributed by atoms with Crippen molar-refractivity contribution in [1.29, 1.82) is 0 Å². The van der Waals surface area contributed by atoms with Crippen LogP contribution in [-0.4, -0.2) is 29.6 Å². The molecule has 1 aromatic carbocycles. The second kappa shape index (κ2) is 8.73. The highest BCUT2D eigenvalue weighted by Crippen LogP contribution is 2.17. The highest BCUT2D eigenvalue weighted by Gasteiger charge is 2.06. The lowest BCUT2D eigenvalue weighted by Crippen LogP contribution is -2.06. The molecule has 0 saturated carbocycles. The second-order valence-electron chi connectivity index (χ2n) is 5.10. The Hall–Kier alpha value is -2.63. The molecule has 0 spiro atoms. The van der Waals surface area contributed by atoms with Crippen molar-refractivity contribution in [2.24, 2.45) is 0 Å². The molecular weight excluding hydrogens is 292 g/mol. The molecular formula is C17H22N4O2. The fourth-order valence-electron chi connectivity index (χ4n) is 2.08. The summed E-state index contributed by atoms with van der Waals surface area (Å²) in [4.78, 5) is 20.2. The smallest absolute Gasteiger partial charge is 0.337 e. The monoisotopic (exact) mass is 314 g/mol. The van der Waals surface area contributed by atoms with Gasteiger partial charge >= 0.3 is 5.97 Å². The van der Waals surface area contributed by atoms with Gasteiger partial charge in [-0.2, -0.15) is 4.98 Å². The molecule has 0 aliphatic heterocycles. The van der Waals surface area contributed by atoms with Gasteiger partial charge in [0.1, 0.15) is 5.82 Å². The van der Waals surface area contributed by atoms with E-state index in [9.17, 15) is 4.79 Å². The van der Waals surface area contributed by atoms with Crippen LogP contribution in [0.3, 0.4) is 0 Å². The van der Waals surface area contributed by atoms with E-state index in [1.165, 1.54) is 20.0 Å². The van der Waals surface area contributed by atoms with E-state index in [0.717, 1.165) is 18.7 Å². The second-order valence-corrected chi connectivity index (χ2v) is 5.10. The number of methoxy groups -OCH3 is 1. The number of nitrogens with zero attached hydrogens (tertiary/aromatic N) is 2. The summed E-state index contributed by atoms with van der Waals surface area (Å²) in [6.45, 7) is 3.03. The summed E-state index contributed by atoms with van der Waals surface area (Å²) < 4.78 is 4.72. The van der Waals surface area contributed by atoms with Crippen molar-refractivity contribution in [3.8, 4) is 0 Å². The van der Waals surface area contributed by atoms with Gasteiger partial charge in [-0.15, -0.1) is 0 Å². The van der Waals surface area contributed by atoms with Crippen molar-refractivity contribution in [2.75, 3.05) is 24.3 Å². The Bertz CT molecular complexity index is 646. The lowest BCUT2D eigenvalue weighted by Gasteiger charge is -2.09. The number of benzene rings is 1. The quantitative estimate of drug-likeness (QED) is 0.572. The molecule has 122 valence electrons. The Morgan fingerprint density at radius 3 is 2.91 bits per heavy atom. The van der Waals surface area contributed by atoms with Crippen LogP contribution >= 0.6 is 0 Å². The molecule has 23 heavy (non-hydrogen) atoms. The fraction of sp³-hybridized carbons (Fsp3) is 0.353. The fourth-order valence-corrected chi connectivity index (χ4v) is 2.08. The largest absolute Gasteiger partial charge is 0.465 e. The highest BCUT2D eigenvalue weighted by atomic mass is 16.5. The van der Waals surface area contributed by atoms with E-state index in [-0.39, 0.29) is 5.97 Å². The van der Waals surface area contributed by atoms with Gasteiger partial charge in [0, 0.05) is 18.4 Å². The molecule has 6 nitrogen and oxygen atoms in total. The maximum atomic E-state index is 11.6. The van der Waals surface area contributed by atoms with Crippen LogP contribution in [0.5, 0.6) is 0 Å². The molecule has 1 aromatic heterocycles. The van der Waals surface area contributed by atoms with Crippen molar-refractivity contribution < 1.29 is 9.53 Å². The molecule has 0 saturated heterocycles. The molecule has 2 aromatic rings. The van der Waals surface area contributed by atoms with E-state index in [0.29, 0.717) is 17.3 Å². The summed E-state index contributed by atoms with van der Waals surface area (Å²) in [5.74, 6) is 0.893. The van der Waals surface area contributed by atoms with Gasteiger partial charge in [0.25, 0.3) is 0 Å². The predicted octanol–water partition coefficient (Wildman–Crippen LogP) is 3.61. The van der Waals surface area contributed by atoms with E-state index >= 15 is 0 Å². The zero-order valence-corrected chi connectivity index (χ0v) is 13.5. The third-order valence-corrected chi connectivity index (χ3v) is 3.28. The number of aromatic nitrogens is 2. The molecule has 2 rings (SSSR count). The van der Waals surface area contributed by atoms with Crippen molar-refractivity contribution in [3.05, 3.63) is 42.1 Å². The van der Waals surface area contributed by atoms with Crippen LogP contribution in [0.4, 0.5) is 17.5 Å². The van der Waals surface area contributed by atoms with Gasteiger partial charge < -0.3 is 15.4 Å². The first-order chi connectivity index (χ1) is 11.2. The molecule has 0 aliphatic carbocycles. The minimum Gasteiger partial charge on any atom is -0.465 e. The zero-order chi connectivity index (χ0) is 16.5. The van der Waals surface area contributed by atoms with Crippen LogP contribution in [0.2, 0.25) is 0 Å². The Labute approximate surface area is 136 Å². The summed E-state index contributed by atoms with van der Waals surface area (Å²) in [5, 5.41) is 6.37. The Kier molecular flexibility index (Phi) is 6.35. The molecule has 0 aliphatic rings. The molecule has 0 unspecified atom stereocenters. The van der Waals surface area contributed by atoms with E-state index in [4.69, 9.17) is 4.74 Å². The number of carbonyl (C=O) groups is 1. The van der Waals surface area contributed by atoms with Crippen LogP contribution < -0.4 is 10.6 Å². The normalized spacial score (nSPS) is 10.2. The number of esters is 1. The van der Waals surface area contributed by atoms with Gasteiger partial charge in [-0.3, -0.25) is 0 Å². The summed E-state index contributed by atoms with van der Waals surface area (Å²) in [5.41, 5.74) is 1.26. The standard InChI is InChI=1S/C17H22N4O2/c1-3-4-5-10-18-17-19-11-9-15(21-17)20-14-8-6-7-13(12-14)16(22)23-2/h6-9,11-12H,3-5,10H2,1-2H3,(H2,18,19,20,21). The predicted molar refractivity (Wildman–Crippen MR) is 91.1 cm³/mol. The molecule has 0 atom stereocenters. The number of nitrogens with one attached hydrogen (secondary N) is 2. The summed E-state index contributed by atoms with van der Waals surface area (Å²) >= 11 is 0. The number of rotatable bonds is 8. The van der Waals surface area contributed by atoms with Crippen molar-refractivity contribution in [1.82, 2.24) is 9.97 Å². The Morgan fingerprint density at radius 2 is 2.13 bits per heavy atom. The number of unbranched alkanes of at least 4 members (excludes halogenated alkanes) is 2. The molecule has 0 bridgehead atoms. The van der Waals surface area contributed by atoms with Crippen LogP contribution in [-0.2, 0) is 4.74 Å². The minimum atomic E-state index is -0.366. The highest BCUT2D eigenvalue weighted by molar-refractivity contribution is 5.90. The van der Waals surface area contributed by atoms with Crippen LogP contribution in [0, 0.1) is 0 Å². The van der Waals surface area contributed by atoms with Gasteiger partial charge in [-0.25, -0.2) is 9.78 Å². The lowest BCUT2D eigenvalue weighted by molar-refractivity contribution is 0.0601. The van der Waals surface area contributed by atoms with Crippen molar-refractivity contribution in [2.45, 2.75) is 26.2 Å².